The van der Waals surface area contributed by atoms with Crippen LogP contribution in [0.1, 0.15) is 30.9 Å². The van der Waals surface area contributed by atoms with Crippen LogP contribution in [0.4, 0.5) is 9.18 Å². The van der Waals surface area contributed by atoms with Gasteiger partial charge >= 0.3 is 6.03 Å². The highest BCUT2D eigenvalue weighted by Gasteiger charge is 2.25. The number of fused-ring (bicyclic) bond motifs is 1. The summed E-state index contributed by atoms with van der Waals surface area (Å²) in [6.07, 6.45) is 2.32. The van der Waals surface area contributed by atoms with Crippen LogP contribution >= 0.6 is 0 Å². The fourth-order valence-corrected chi connectivity index (χ4v) is 2.94. The predicted molar refractivity (Wildman–Crippen MR) is 81.6 cm³/mol. The molecule has 6 nitrogen and oxygen atoms in total. The van der Waals surface area contributed by atoms with E-state index in [9.17, 15) is 14.0 Å². The molecular weight excluding hydrogens is 301 g/mol. The van der Waals surface area contributed by atoms with Crippen molar-refractivity contribution >= 4 is 11.9 Å². The first kappa shape index (κ1) is 15.6. The van der Waals surface area contributed by atoms with Gasteiger partial charge in [-0.05, 0) is 25.3 Å². The Balaban J connectivity index is 1.67. The van der Waals surface area contributed by atoms with E-state index < -0.39 is 0 Å². The summed E-state index contributed by atoms with van der Waals surface area (Å²) in [4.78, 5) is 25.4. The summed E-state index contributed by atoms with van der Waals surface area (Å²) in [7, 11) is 0. The topological polar surface area (TPSA) is 70.7 Å². The maximum Gasteiger partial charge on any atom is 0.317 e. The number of nitrogens with one attached hydrogen (secondary N) is 2. The van der Waals surface area contributed by atoms with Gasteiger partial charge in [-0.25, -0.2) is 9.18 Å². The minimum absolute atomic E-state index is 0.0275. The lowest BCUT2D eigenvalue weighted by Gasteiger charge is -2.27. The molecule has 1 atom stereocenters. The Hall–Kier alpha value is -2.31. The van der Waals surface area contributed by atoms with Gasteiger partial charge in [0.15, 0.2) is 0 Å². The molecule has 23 heavy (non-hydrogen) atoms. The van der Waals surface area contributed by atoms with Crippen molar-refractivity contribution in [1.29, 1.82) is 0 Å². The summed E-state index contributed by atoms with van der Waals surface area (Å²) in [5.74, 6) is -0.103. The minimum atomic E-state index is -0.360. The molecule has 3 rings (SSSR count). The smallest absolute Gasteiger partial charge is 0.317 e. The van der Waals surface area contributed by atoms with Gasteiger partial charge < -0.3 is 20.3 Å². The van der Waals surface area contributed by atoms with E-state index in [4.69, 9.17) is 4.74 Å². The molecule has 0 spiro atoms. The van der Waals surface area contributed by atoms with Crippen LogP contribution in [0.25, 0.3) is 0 Å². The van der Waals surface area contributed by atoms with E-state index in [0.29, 0.717) is 25.4 Å². The molecule has 0 aromatic heterocycles. The van der Waals surface area contributed by atoms with E-state index in [-0.39, 0.29) is 30.3 Å². The minimum Gasteiger partial charge on any atom is -0.493 e. The van der Waals surface area contributed by atoms with Gasteiger partial charge in [-0.15, -0.1) is 0 Å². The molecule has 0 saturated carbocycles. The number of urea groups is 1. The van der Waals surface area contributed by atoms with Crippen LogP contribution in [0.3, 0.4) is 0 Å². The molecule has 2 aliphatic rings. The van der Waals surface area contributed by atoms with Gasteiger partial charge in [0.25, 0.3) is 0 Å². The van der Waals surface area contributed by atoms with E-state index in [1.165, 1.54) is 17.0 Å². The van der Waals surface area contributed by atoms with E-state index in [1.807, 2.05) is 0 Å². The van der Waals surface area contributed by atoms with E-state index in [2.05, 4.69) is 10.6 Å². The van der Waals surface area contributed by atoms with E-state index >= 15 is 0 Å². The zero-order valence-electron chi connectivity index (χ0n) is 12.8. The lowest BCUT2D eigenvalue weighted by Crippen LogP contribution is -2.50. The molecule has 2 N–H and O–H groups in total. The van der Waals surface area contributed by atoms with Gasteiger partial charge in [-0.1, -0.05) is 6.07 Å². The van der Waals surface area contributed by atoms with Gasteiger partial charge in [0.1, 0.15) is 18.1 Å². The molecule has 0 bridgehead atoms. The van der Waals surface area contributed by atoms with Crippen LogP contribution in [0.15, 0.2) is 18.2 Å². The largest absolute Gasteiger partial charge is 0.493 e. The van der Waals surface area contributed by atoms with Crippen LogP contribution in [0.5, 0.6) is 5.75 Å². The van der Waals surface area contributed by atoms with Crippen molar-refractivity contribution in [3.63, 3.8) is 0 Å². The molecule has 0 radical (unpaired) electrons. The molecule has 124 valence electrons. The first-order valence-electron chi connectivity index (χ1n) is 7.88. The zero-order valence-corrected chi connectivity index (χ0v) is 12.8. The average Bonchev–Trinajstić information content (AvgIpc) is 2.71. The number of carbonyl (C=O) groups is 2. The van der Waals surface area contributed by atoms with Crippen LogP contribution in [0.2, 0.25) is 0 Å². The quantitative estimate of drug-likeness (QED) is 0.888. The van der Waals surface area contributed by atoms with Crippen molar-refractivity contribution in [2.45, 2.75) is 25.3 Å². The van der Waals surface area contributed by atoms with Crippen molar-refractivity contribution in [3.05, 3.63) is 29.6 Å². The second kappa shape index (κ2) is 6.85. The Bertz CT molecular complexity index is 608. The van der Waals surface area contributed by atoms with Gasteiger partial charge in [0, 0.05) is 24.7 Å². The fourth-order valence-electron chi connectivity index (χ4n) is 2.94. The SMILES string of the molecule is O=C(CN1CCCNC1=O)N[C@@H]1CCCOc2cc(F)ccc21. The molecule has 1 fully saturated rings. The molecule has 3 amide bonds. The fraction of sp³-hybridized carbons (Fsp3) is 0.500. The predicted octanol–water partition coefficient (Wildman–Crippen LogP) is 1.57. The van der Waals surface area contributed by atoms with Crippen LogP contribution in [-0.4, -0.2) is 43.1 Å². The standard InChI is InChI=1S/C16H20FN3O3/c17-11-4-5-12-13(3-1-8-23-14(12)9-11)19-15(21)10-20-7-2-6-18-16(20)22/h4-5,9,13H,1-3,6-8,10H2,(H,18,22)(H,19,21)/t13-/m1/s1. The number of benzene rings is 1. The van der Waals surface area contributed by atoms with Crippen molar-refractivity contribution in [2.24, 2.45) is 0 Å². The second-order valence-electron chi connectivity index (χ2n) is 5.80. The summed E-state index contributed by atoms with van der Waals surface area (Å²) in [6.45, 7) is 1.75. The number of rotatable bonds is 3. The number of hydrogen-bond donors (Lipinski definition) is 2. The number of nitrogens with zero attached hydrogens (tertiary/aromatic N) is 1. The van der Waals surface area contributed by atoms with Crippen LogP contribution in [-0.2, 0) is 4.79 Å². The summed E-state index contributed by atoms with van der Waals surface area (Å²) < 4.78 is 18.9. The third kappa shape index (κ3) is 3.72. The monoisotopic (exact) mass is 321 g/mol. The molecule has 1 aromatic carbocycles. The zero-order chi connectivity index (χ0) is 16.2. The molecule has 1 aromatic rings. The molecule has 0 unspecified atom stereocenters. The van der Waals surface area contributed by atoms with Gasteiger partial charge in [-0.2, -0.15) is 0 Å². The Morgan fingerprint density at radius 3 is 3.13 bits per heavy atom. The number of ether oxygens (including phenoxy) is 1. The number of halogens is 1. The van der Waals surface area contributed by atoms with Crippen LogP contribution < -0.4 is 15.4 Å². The second-order valence-corrected chi connectivity index (χ2v) is 5.80. The molecular formula is C16H20FN3O3. The first-order chi connectivity index (χ1) is 11.1. The van der Waals surface area contributed by atoms with Gasteiger partial charge in [0.05, 0.1) is 12.6 Å². The maximum atomic E-state index is 13.4. The third-order valence-corrected chi connectivity index (χ3v) is 4.08. The lowest BCUT2D eigenvalue weighted by molar-refractivity contribution is -0.122. The van der Waals surface area contributed by atoms with Crippen molar-refractivity contribution in [3.8, 4) is 5.75 Å². The average molecular weight is 321 g/mol. The highest BCUT2D eigenvalue weighted by Crippen LogP contribution is 2.32. The lowest BCUT2D eigenvalue weighted by atomic mass is 10.0. The van der Waals surface area contributed by atoms with E-state index in [0.717, 1.165) is 24.8 Å². The first-order valence-corrected chi connectivity index (χ1v) is 7.88. The third-order valence-electron chi connectivity index (χ3n) is 4.08. The number of amides is 3. The Labute approximate surface area is 134 Å². The molecule has 7 heteroatoms. The van der Waals surface area contributed by atoms with Crippen LogP contribution in [0, 0.1) is 5.82 Å². The Kier molecular flexibility index (Phi) is 4.64. The van der Waals surface area contributed by atoms with Crippen molar-refractivity contribution in [1.82, 2.24) is 15.5 Å². The molecule has 0 aliphatic carbocycles. The van der Waals surface area contributed by atoms with E-state index in [1.54, 1.807) is 6.07 Å². The highest BCUT2D eigenvalue weighted by molar-refractivity contribution is 5.84. The van der Waals surface area contributed by atoms with Crippen molar-refractivity contribution in [2.75, 3.05) is 26.2 Å². The number of carbonyl (C=O) groups excluding carboxylic acids is 2. The Morgan fingerprint density at radius 2 is 2.30 bits per heavy atom. The summed E-state index contributed by atoms with van der Waals surface area (Å²) in [6, 6.07) is 3.92. The molecule has 1 saturated heterocycles. The normalized spacial score (nSPS) is 20.8. The van der Waals surface area contributed by atoms with Crippen molar-refractivity contribution < 1.29 is 18.7 Å². The maximum absolute atomic E-state index is 13.4. The summed E-state index contributed by atoms with van der Waals surface area (Å²) >= 11 is 0. The number of hydrogen-bond acceptors (Lipinski definition) is 3. The van der Waals surface area contributed by atoms with Gasteiger partial charge in [0.2, 0.25) is 5.91 Å². The molecule has 2 heterocycles. The summed E-state index contributed by atoms with van der Waals surface area (Å²) in [5, 5.41) is 5.66. The van der Waals surface area contributed by atoms with Gasteiger partial charge in [-0.3, -0.25) is 4.79 Å². The summed E-state index contributed by atoms with van der Waals surface area (Å²) in [5.41, 5.74) is 0.778. The highest BCUT2D eigenvalue weighted by atomic mass is 19.1. The molecule has 2 aliphatic heterocycles. The Morgan fingerprint density at radius 1 is 1.43 bits per heavy atom.